The minimum absolute atomic E-state index is 0.0374. The second-order valence-corrected chi connectivity index (χ2v) is 16.5. The van der Waals surface area contributed by atoms with Gasteiger partial charge in [0, 0.05) is 41.4 Å². The molecular weight excluding hydrogens is 657 g/mol. The third-order valence-electron chi connectivity index (χ3n) is 10.7. The molecule has 1 saturated heterocycles. The Balaban J connectivity index is 1.14. The van der Waals surface area contributed by atoms with Crippen molar-refractivity contribution in [1.82, 2.24) is 14.9 Å². The van der Waals surface area contributed by atoms with E-state index in [1.807, 2.05) is 42.7 Å². The molecule has 1 aliphatic heterocycles. The molecule has 51 heavy (non-hydrogen) atoms. The van der Waals surface area contributed by atoms with E-state index in [4.69, 9.17) is 9.97 Å². The molecule has 2 aliphatic carbocycles. The molecule has 8 nitrogen and oxygen atoms in total. The maximum Gasteiger partial charge on any atom is 0.326 e. The fourth-order valence-corrected chi connectivity index (χ4v) is 8.59. The van der Waals surface area contributed by atoms with E-state index in [1.54, 1.807) is 6.07 Å². The Morgan fingerprint density at radius 3 is 2.33 bits per heavy atom. The summed E-state index contributed by atoms with van der Waals surface area (Å²) in [4.78, 5) is 55.5. The van der Waals surface area contributed by atoms with Crippen LogP contribution in [0, 0.1) is 17.8 Å². The number of nitrogens with zero attached hydrogens (tertiary/aromatic N) is 4. The number of amides is 2. The van der Waals surface area contributed by atoms with E-state index >= 15 is 0 Å². The van der Waals surface area contributed by atoms with E-state index in [9.17, 15) is 19.5 Å². The molecule has 2 aromatic heterocycles. The summed E-state index contributed by atoms with van der Waals surface area (Å²) in [5.41, 5.74) is 3.93. The summed E-state index contributed by atoms with van der Waals surface area (Å²) in [5.74, 6) is 0.747. The summed E-state index contributed by atoms with van der Waals surface area (Å²) in [6.45, 7) is 8.82. The number of thiophene rings is 1. The summed E-state index contributed by atoms with van der Waals surface area (Å²) in [5, 5.41) is 9.74. The van der Waals surface area contributed by atoms with Gasteiger partial charge in [-0.25, -0.2) is 19.8 Å². The van der Waals surface area contributed by atoms with Crippen LogP contribution in [0.4, 0.5) is 0 Å². The highest BCUT2D eigenvalue weighted by molar-refractivity contribution is 7.14. The number of benzene rings is 1. The van der Waals surface area contributed by atoms with Gasteiger partial charge in [-0.05, 0) is 97.8 Å². The van der Waals surface area contributed by atoms with Gasteiger partial charge < -0.3 is 10.0 Å². The second kappa shape index (κ2) is 16.0. The van der Waals surface area contributed by atoms with Gasteiger partial charge in [-0.2, -0.15) is 0 Å². The molecule has 3 heterocycles. The van der Waals surface area contributed by atoms with E-state index in [-0.39, 0.29) is 17.5 Å². The molecule has 4 atom stereocenters. The molecule has 268 valence electrons. The highest BCUT2D eigenvalue weighted by Crippen LogP contribution is 2.39. The number of aromatic nitrogens is 2. The van der Waals surface area contributed by atoms with E-state index in [0.717, 1.165) is 46.2 Å². The maximum absolute atomic E-state index is 13.7. The molecule has 3 aromatic rings. The molecule has 0 saturated carbocycles. The number of aliphatic carboxylic acids is 1. The van der Waals surface area contributed by atoms with Crippen molar-refractivity contribution >= 4 is 40.4 Å². The Kier molecular flexibility index (Phi) is 11.4. The van der Waals surface area contributed by atoms with Gasteiger partial charge in [0.25, 0.3) is 11.8 Å². The normalized spacial score (nSPS) is 22.5. The Morgan fingerprint density at radius 2 is 1.73 bits per heavy atom. The number of allylic oxidation sites excluding steroid dienone is 4. The van der Waals surface area contributed by atoms with Crippen LogP contribution in [0.25, 0.3) is 17.0 Å². The van der Waals surface area contributed by atoms with Crippen LogP contribution in [-0.2, 0) is 21.4 Å². The zero-order valence-electron chi connectivity index (χ0n) is 30.3. The van der Waals surface area contributed by atoms with Crippen LogP contribution in [0.5, 0.6) is 0 Å². The molecule has 2 amide bonds. The minimum Gasteiger partial charge on any atom is -0.480 e. The smallest absolute Gasteiger partial charge is 0.326 e. The summed E-state index contributed by atoms with van der Waals surface area (Å²) in [6.07, 6.45) is 20.8. The lowest BCUT2D eigenvalue weighted by atomic mass is 9.74. The number of carbonyl (C=O) groups excluding carboxylic acids is 2. The van der Waals surface area contributed by atoms with Gasteiger partial charge in [0.05, 0.1) is 4.88 Å². The fraction of sp³-hybridized carbons (Fsp3) is 0.476. The van der Waals surface area contributed by atoms with Crippen molar-refractivity contribution in [3.63, 3.8) is 0 Å². The first-order valence-electron chi connectivity index (χ1n) is 18.5. The third-order valence-corrected chi connectivity index (χ3v) is 12.2. The Hall–Kier alpha value is -4.24. The lowest BCUT2D eigenvalue weighted by Crippen LogP contribution is -2.44. The monoisotopic (exact) mass is 706 g/mol. The van der Waals surface area contributed by atoms with Crippen molar-refractivity contribution in [3.8, 4) is 11.4 Å². The number of carboxylic acids is 1. The molecule has 1 aromatic carbocycles. The molecule has 3 aliphatic rings. The molecule has 0 spiro atoms. The number of aliphatic imine (C=N–C) groups is 1. The average molecular weight is 707 g/mol. The standard InChI is InChI=1S/C42H50N4O4S/c1-5-7-27-9-13-29(14-10-27)30-17-19-31(20-18-30)33-25-43-38(44-26-33)32-15-11-28(12-16-32)24-34(40(48)46-23-6-8-35(46)41(49)50)45-39(47)36-21-22-37(51-36)42(2,3)4/h9,11-13,15-16,19,21-22,25-27,29-30,35H,5-8,10,14,17-18,20,23-24H2,1-4H3,(H,49,50)/b45-34+/t27?,29?,30?,35-/m0/s1. The first-order chi connectivity index (χ1) is 24.5. The van der Waals surface area contributed by atoms with Crippen molar-refractivity contribution in [2.45, 2.75) is 103 Å². The van der Waals surface area contributed by atoms with Gasteiger partial charge in [0.1, 0.15) is 11.8 Å². The highest BCUT2D eigenvalue weighted by atomic mass is 32.1. The zero-order chi connectivity index (χ0) is 36.1. The first kappa shape index (κ1) is 36.5. The van der Waals surface area contributed by atoms with Crippen LogP contribution < -0.4 is 0 Å². The highest BCUT2D eigenvalue weighted by Gasteiger charge is 2.36. The van der Waals surface area contributed by atoms with Gasteiger partial charge in [0.2, 0.25) is 0 Å². The predicted octanol–water partition coefficient (Wildman–Crippen LogP) is 8.97. The van der Waals surface area contributed by atoms with Crippen molar-refractivity contribution in [3.05, 3.63) is 87.9 Å². The topological polar surface area (TPSA) is 113 Å². The Bertz CT molecular complexity index is 1820. The van der Waals surface area contributed by atoms with Gasteiger partial charge in [-0.1, -0.05) is 76.6 Å². The predicted molar refractivity (Wildman–Crippen MR) is 204 cm³/mol. The van der Waals surface area contributed by atoms with Gasteiger partial charge in [0.15, 0.2) is 5.82 Å². The third kappa shape index (κ3) is 8.80. The number of hydrogen-bond acceptors (Lipinski definition) is 6. The largest absolute Gasteiger partial charge is 0.480 e. The summed E-state index contributed by atoms with van der Waals surface area (Å²) in [6, 6.07) is 10.3. The van der Waals surface area contributed by atoms with E-state index in [2.05, 4.69) is 50.9 Å². The average Bonchev–Trinajstić information content (AvgIpc) is 3.84. The van der Waals surface area contributed by atoms with Crippen molar-refractivity contribution in [2.75, 3.05) is 6.54 Å². The number of likely N-dealkylation sites (tertiary alicyclic amines) is 1. The van der Waals surface area contributed by atoms with Crippen LogP contribution in [0.15, 0.2) is 72.0 Å². The Labute approximate surface area is 305 Å². The van der Waals surface area contributed by atoms with E-state index in [1.165, 1.54) is 53.9 Å². The van der Waals surface area contributed by atoms with Crippen LogP contribution in [0.3, 0.4) is 0 Å². The Morgan fingerprint density at radius 1 is 0.961 bits per heavy atom. The van der Waals surface area contributed by atoms with Crippen molar-refractivity contribution in [2.24, 2.45) is 22.7 Å². The fourth-order valence-electron chi connectivity index (χ4n) is 7.65. The maximum atomic E-state index is 13.7. The van der Waals surface area contributed by atoms with Crippen molar-refractivity contribution < 1.29 is 19.5 Å². The van der Waals surface area contributed by atoms with Gasteiger partial charge >= 0.3 is 5.97 Å². The quantitative estimate of drug-likeness (QED) is 0.166. The van der Waals surface area contributed by atoms with Crippen LogP contribution >= 0.6 is 11.3 Å². The van der Waals surface area contributed by atoms with E-state index < -0.39 is 23.8 Å². The lowest BCUT2D eigenvalue weighted by Gasteiger charge is -2.31. The molecule has 3 unspecified atom stereocenters. The molecule has 1 fully saturated rings. The van der Waals surface area contributed by atoms with Crippen molar-refractivity contribution in [1.29, 1.82) is 0 Å². The molecule has 0 bridgehead atoms. The van der Waals surface area contributed by atoms with Crippen LogP contribution in [0.2, 0.25) is 0 Å². The molecular formula is C42H50N4O4S. The SMILES string of the molecule is CCCC1C=CC(C2CC=C(c3cnc(-c4ccc(C/C(=N\C(=O)c5ccc(C(C)(C)C)s5)C(=O)N5CCC[C@H]5C(=O)O)cc4)nc3)CC2)CC1. The lowest BCUT2D eigenvalue weighted by molar-refractivity contribution is -0.146. The molecule has 1 N–H and O–H groups in total. The zero-order valence-corrected chi connectivity index (χ0v) is 31.1. The molecule has 9 heteroatoms. The summed E-state index contributed by atoms with van der Waals surface area (Å²) < 4.78 is 0. The van der Waals surface area contributed by atoms with Crippen LogP contribution in [0.1, 0.15) is 111 Å². The number of rotatable bonds is 10. The summed E-state index contributed by atoms with van der Waals surface area (Å²) in [7, 11) is 0. The number of carbonyl (C=O) groups is 3. The van der Waals surface area contributed by atoms with Crippen LogP contribution in [-0.4, -0.2) is 56.1 Å². The van der Waals surface area contributed by atoms with Gasteiger partial charge in [-0.15, -0.1) is 11.3 Å². The number of carboxylic acid groups (broad SMARTS) is 1. The molecule has 0 radical (unpaired) electrons. The first-order valence-corrected chi connectivity index (χ1v) is 19.4. The molecule has 6 rings (SSSR count). The summed E-state index contributed by atoms with van der Waals surface area (Å²) >= 11 is 1.37. The second-order valence-electron chi connectivity index (χ2n) is 15.4. The van der Waals surface area contributed by atoms with Gasteiger partial charge in [-0.3, -0.25) is 9.59 Å². The van der Waals surface area contributed by atoms with E-state index in [0.29, 0.717) is 36.0 Å². The number of hydrogen-bond donors (Lipinski definition) is 1. The minimum atomic E-state index is -1.05.